The second-order valence-corrected chi connectivity index (χ2v) is 10.7. The van der Waals surface area contributed by atoms with Gasteiger partial charge in [-0.1, -0.05) is 66.2 Å². The molecule has 5 rings (SSSR count). The van der Waals surface area contributed by atoms with Gasteiger partial charge in [0.05, 0.1) is 35.8 Å². The molecule has 0 fully saturated rings. The molecule has 0 spiro atoms. The number of carbonyl (C=O) groups is 2. The summed E-state index contributed by atoms with van der Waals surface area (Å²) >= 11 is 6.15. The number of para-hydroxylation sites is 1. The van der Waals surface area contributed by atoms with Crippen LogP contribution in [0.15, 0.2) is 107 Å². The minimum absolute atomic E-state index is 0.129. The first kappa shape index (κ1) is 30.5. The van der Waals surface area contributed by atoms with Gasteiger partial charge in [0, 0.05) is 11.6 Å². The fraction of sp³-hybridized carbons (Fsp3) is 0.176. The van der Waals surface area contributed by atoms with E-state index in [-0.39, 0.29) is 17.7 Å². The topological polar surface area (TPSA) is 103 Å². The molecule has 0 atom stereocenters. The van der Waals surface area contributed by atoms with Crippen LogP contribution in [0.1, 0.15) is 16.7 Å². The zero-order chi connectivity index (χ0) is 31.2. The third kappa shape index (κ3) is 6.64. The molecule has 5 aromatic rings. The van der Waals surface area contributed by atoms with E-state index < -0.39 is 23.7 Å². The fourth-order valence-corrected chi connectivity index (χ4v) is 5.13. The molecule has 0 unspecified atom stereocenters. The van der Waals surface area contributed by atoms with Crippen LogP contribution in [0.2, 0.25) is 5.02 Å². The Bertz CT molecular complexity index is 1930. The number of hydrogen-bond acceptors (Lipinski definition) is 5. The van der Waals surface area contributed by atoms with Gasteiger partial charge >= 0.3 is 5.69 Å². The van der Waals surface area contributed by atoms with Crippen LogP contribution in [-0.2, 0) is 33.8 Å². The Morgan fingerprint density at radius 1 is 0.886 bits per heavy atom. The van der Waals surface area contributed by atoms with E-state index >= 15 is 0 Å². The van der Waals surface area contributed by atoms with Gasteiger partial charge in [-0.2, -0.15) is 5.06 Å². The van der Waals surface area contributed by atoms with E-state index in [0.717, 1.165) is 32.7 Å². The highest BCUT2D eigenvalue weighted by atomic mass is 35.5. The van der Waals surface area contributed by atoms with Crippen molar-refractivity contribution in [3.8, 4) is 5.69 Å². The highest BCUT2D eigenvalue weighted by Crippen LogP contribution is 2.23. The summed E-state index contributed by atoms with van der Waals surface area (Å²) in [6.45, 7) is 1.93. The maximum Gasteiger partial charge on any atom is 0.336 e. The zero-order valence-corrected chi connectivity index (χ0v) is 25.1. The molecule has 0 aliphatic heterocycles. The number of halogens is 1. The number of hydroxylamine groups is 1. The van der Waals surface area contributed by atoms with E-state index in [4.69, 9.17) is 16.4 Å². The van der Waals surface area contributed by atoms with Gasteiger partial charge in [-0.3, -0.25) is 23.8 Å². The summed E-state index contributed by atoms with van der Waals surface area (Å²) in [6.07, 6.45) is 0.879. The Hall–Kier alpha value is -4.99. The number of anilines is 1. The third-order valence-corrected chi connectivity index (χ3v) is 7.69. The SMILES string of the molecule is CON(C(=O)Cn1c(=O)n(-c2ccc(CC(=O)NCCc3ccccc3)cc2)c(=O)c2ccccc21)c1ccc(Cl)c(C)c1. The Labute approximate surface area is 258 Å². The van der Waals surface area contributed by atoms with E-state index in [1.807, 2.05) is 37.3 Å². The van der Waals surface area contributed by atoms with E-state index in [0.29, 0.717) is 28.5 Å². The standard InChI is InChI=1S/C34H31ClN4O5/c1-23-20-27(16-17-29(23)35)39(44-2)32(41)22-37-30-11-7-6-10-28(30)33(42)38(34(37)43)26-14-12-25(13-15-26)21-31(40)36-19-18-24-8-4-3-5-9-24/h3-17,20H,18-19,21-22H2,1-2H3,(H,36,40). The van der Waals surface area contributed by atoms with Crippen LogP contribution in [0.3, 0.4) is 0 Å². The molecule has 224 valence electrons. The van der Waals surface area contributed by atoms with Gasteiger partial charge < -0.3 is 5.32 Å². The van der Waals surface area contributed by atoms with Gasteiger partial charge in [0.25, 0.3) is 11.5 Å². The predicted molar refractivity (Wildman–Crippen MR) is 171 cm³/mol. The lowest BCUT2D eigenvalue weighted by molar-refractivity contribution is -0.125. The van der Waals surface area contributed by atoms with Crippen molar-refractivity contribution in [2.24, 2.45) is 0 Å². The van der Waals surface area contributed by atoms with Crippen molar-refractivity contribution in [2.45, 2.75) is 26.3 Å². The Morgan fingerprint density at radius 2 is 1.59 bits per heavy atom. The summed E-state index contributed by atoms with van der Waals surface area (Å²) in [6, 6.07) is 28.2. The summed E-state index contributed by atoms with van der Waals surface area (Å²) in [7, 11) is 1.36. The molecular weight excluding hydrogens is 580 g/mol. The van der Waals surface area contributed by atoms with E-state index in [2.05, 4.69) is 5.32 Å². The van der Waals surface area contributed by atoms with Crippen molar-refractivity contribution in [3.63, 3.8) is 0 Å². The third-order valence-electron chi connectivity index (χ3n) is 7.27. The molecule has 4 aromatic carbocycles. The summed E-state index contributed by atoms with van der Waals surface area (Å²) in [5.41, 5.74) is 2.50. The number of nitrogens with zero attached hydrogens (tertiary/aromatic N) is 3. The molecule has 1 heterocycles. The van der Waals surface area contributed by atoms with Crippen LogP contribution >= 0.6 is 11.6 Å². The number of hydrogen-bond donors (Lipinski definition) is 1. The molecule has 0 aliphatic rings. The Morgan fingerprint density at radius 3 is 2.30 bits per heavy atom. The van der Waals surface area contributed by atoms with Crippen molar-refractivity contribution < 1.29 is 14.4 Å². The number of nitrogens with one attached hydrogen (secondary N) is 1. The molecule has 10 heteroatoms. The van der Waals surface area contributed by atoms with Crippen molar-refractivity contribution in [3.05, 3.63) is 140 Å². The molecule has 9 nitrogen and oxygen atoms in total. The lowest BCUT2D eigenvalue weighted by Gasteiger charge is -2.22. The number of amides is 2. The van der Waals surface area contributed by atoms with Crippen molar-refractivity contribution in [2.75, 3.05) is 18.7 Å². The van der Waals surface area contributed by atoms with Crippen LogP contribution < -0.4 is 21.6 Å². The number of carbonyl (C=O) groups excluding carboxylic acids is 2. The Balaban J connectivity index is 1.39. The van der Waals surface area contributed by atoms with Crippen LogP contribution in [-0.4, -0.2) is 34.6 Å². The van der Waals surface area contributed by atoms with Crippen LogP contribution in [0.4, 0.5) is 5.69 Å². The second kappa shape index (κ2) is 13.5. The number of aryl methyl sites for hydroxylation is 1. The van der Waals surface area contributed by atoms with Gasteiger partial charge in [-0.15, -0.1) is 0 Å². The van der Waals surface area contributed by atoms with Gasteiger partial charge in [0.1, 0.15) is 6.54 Å². The van der Waals surface area contributed by atoms with Gasteiger partial charge in [-0.05, 0) is 72.5 Å². The molecule has 0 bridgehead atoms. The fourth-order valence-electron chi connectivity index (χ4n) is 5.01. The first-order chi connectivity index (χ1) is 21.3. The lowest BCUT2D eigenvalue weighted by atomic mass is 10.1. The number of fused-ring (bicyclic) bond motifs is 1. The first-order valence-corrected chi connectivity index (χ1v) is 14.4. The molecule has 1 N–H and O–H groups in total. The highest BCUT2D eigenvalue weighted by Gasteiger charge is 2.21. The Kier molecular flexibility index (Phi) is 9.38. The van der Waals surface area contributed by atoms with Crippen molar-refractivity contribution in [1.82, 2.24) is 14.5 Å². The minimum Gasteiger partial charge on any atom is -0.355 e. The average Bonchev–Trinajstić information content (AvgIpc) is 3.03. The predicted octanol–water partition coefficient (Wildman–Crippen LogP) is 4.61. The molecule has 1 aromatic heterocycles. The smallest absolute Gasteiger partial charge is 0.336 e. The number of aromatic nitrogens is 2. The molecule has 0 saturated carbocycles. The van der Waals surface area contributed by atoms with Crippen LogP contribution in [0.25, 0.3) is 16.6 Å². The average molecular weight is 611 g/mol. The number of benzene rings is 4. The summed E-state index contributed by atoms with van der Waals surface area (Å²) in [4.78, 5) is 58.7. The molecular formula is C34H31ClN4O5. The van der Waals surface area contributed by atoms with E-state index in [1.54, 1.807) is 66.7 Å². The molecule has 0 saturated heterocycles. The second-order valence-electron chi connectivity index (χ2n) is 10.3. The summed E-state index contributed by atoms with van der Waals surface area (Å²) in [5, 5.41) is 4.82. The van der Waals surface area contributed by atoms with Gasteiger partial charge in [0.15, 0.2) is 0 Å². The largest absolute Gasteiger partial charge is 0.355 e. The quantitative estimate of drug-likeness (QED) is 0.233. The first-order valence-electron chi connectivity index (χ1n) is 14.0. The van der Waals surface area contributed by atoms with Gasteiger partial charge in [0.2, 0.25) is 5.91 Å². The van der Waals surface area contributed by atoms with Crippen molar-refractivity contribution in [1.29, 1.82) is 0 Å². The van der Waals surface area contributed by atoms with Gasteiger partial charge in [-0.25, -0.2) is 9.36 Å². The monoisotopic (exact) mass is 610 g/mol. The summed E-state index contributed by atoms with van der Waals surface area (Å²) in [5.74, 6) is -0.656. The molecule has 44 heavy (non-hydrogen) atoms. The number of rotatable bonds is 10. The minimum atomic E-state index is -0.684. The van der Waals surface area contributed by atoms with Crippen LogP contribution in [0.5, 0.6) is 0 Å². The molecule has 0 aliphatic carbocycles. The maximum atomic E-state index is 13.8. The van der Waals surface area contributed by atoms with E-state index in [1.165, 1.54) is 11.7 Å². The van der Waals surface area contributed by atoms with Crippen LogP contribution in [0, 0.1) is 6.92 Å². The normalized spacial score (nSPS) is 11.0. The van der Waals surface area contributed by atoms with E-state index in [9.17, 15) is 19.2 Å². The maximum absolute atomic E-state index is 13.8. The highest BCUT2D eigenvalue weighted by molar-refractivity contribution is 6.31. The summed E-state index contributed by atoms with van der Waals surface area (Å²) < 4.78 is 2.28. The molecule has 0 radical (unpaired) electrons. The zero-order valence-electron chi connectivity index (χ0n) is 24.3. The lowest BCUT2D eigenvalue weighted by Crippen LogP contribution is -2.42. The van der Waals surface area contributed by atoms with Crippen molar-refractivity contribution >= 4 is 40.0 Å². The molecule has 2 amide bonds.